The van der Waals surface area contributed by atoms with E-state index in [0.29, 0.717) is 6.42 Å². The van der Waals surface area contributed by atoms with Gasteiger partial charge in [0.2, 0.25) is 5.91 Å². The molecular weight excluding hydrogens is 300 g/mol. The third kappa shape index (κ3) is 7.66. The summed E-state index contributed by atoms with van der Waals surface area (Å²) in [5.74, 6) is 1.11. The van der Waals surface area contributed by atoms with Crippen LogP contribution in [0.5, 0.6) is 5.75 Å². The van der Waals surface area contributed by atoms with Crippen LogP contribution in [0.15, 0.2) is 24.3 Å². The molecule has 0 radical (unpaired) electrons. The number of amides is 1. The highest BCUT2D eigenvalue weighted by atomic mass is 35.5. The van der Waals surface area contributed by atoms with Crippen LogP contribution in [0, 0.1) is 0 Å². The van der Waals surface area contributed by atoms with Gasteiger partial charge in [-0.2, -0.15) is 0 Å². The number of nitrogens with two attached hydrogens (primary N) is 1. The molecule has 1 aromatic rings. The lowest BCUT2D eigenvalue weighted by Gasteiger charge is -2.18. The number of nitrogens with zero attached hydrogens (tertiary/aromatic N) is 1. The lowest BCUT2D eigenvalue weighted by molar-refractivity contribution is -0.130. The maximum Gasteiger partial charge on any atom is 0.222 e. The van der Waals surface area contributed by atoms with Crippen LogP contribution in [0.2, 0.25) is 0 Å². The molecule has 22 heavy (non-hydrogen) atoms. The summed E-state index contributed by atoms with van der Waals surface area (Å²) in [6.07, 6.45) is 5.67. The maximum atomic E-state index is 12.0. The summed E-state index contributed by atoms with van der Waals surface area (Å²) < 4.78 is 5.33. The van der Waals surface area contributed by atoms with Gasteiger partial charge in [-0.3, -0.25) is 4.79 Å². The Hall–Kier alpha value is -1.26. The van der Waals surface area contributed by atoms with Crippen LogP contribution in [0.25, 0.3) is 0 Å². The number of rotatable bonds is 10. The van der Waals surface area contributed by atoms with E-state index in [9.17, 15) is 4.79 Å². The van der Waals surface area contributed by atoms with Gasteiger partial charge in [0.15, 0.2) is 0 Å². The summed E-state index contributed by atoms with van der Waals surface area (Å²) in [4.78, 5) is 13.8. The van der Waals surface area contributed by atoms with Gasteiger partial charge in [-0.1, -0.05) is 31.0 Å². The van der Waals surface area contributed by atoms with E-state index in [0.717, 1.165) is 56.5 Å². The standard InChI is InChI=1S/C17H28N2O2.ClH/c1-19(17(20)11-5-3-4-8-13-18)14-12-15-9-6-7-10-16(15)21-2;/h6-7,9-10H,3-5,8,11-14,18H2,1-2H3;1H. The molecule has 126 valence electrons. The second-order valence-corrected chi connectivity index (χ2v) is 5.33. The first kappa shape index (κ1) is 20.7. The van der Waals surface area contributed by atoms with E-state index in [-0.39, 0.29) is 18.3 Å². The maximum absolute atomic E-state index is 12.0. The zero-order valence-corrected chi connectivity index (χ0v) is 14.5. The van der Waals surface area contributed by atoms with E-state index in [2.05, 4.69) is 0 Å². The van der Waals surface area contributed by atoms with Crippen molar-refractivity contribution in [1.29, 1.82) is 0 Å². The molecule has 0 aliphatic rings. The minimum absolute atomic E-state index is 0. The molecule has 0 bridgehead atoms. The Morgan fingerprint density at radius 1 is 1.18 bits per heavy atom. The molecule has 1 aromatic carbocycles. The predicted octanol–water partition coefficient (Wildman–Crippen LogP) is 3.03. The monoisotopic (exact) mass is 328 g/mol. The van der Waals surface area contributed by atoms with E-state index in [1.54, 1.807) is 7.11 Å². The Balaban J connectivity index is 0.00000441. The molecule has 0 atom stereocenters. The molecule has 0 unspecified atom stereocenters. The number of halogens is 1. The van der Waals surface area contributed by atoms with Gasteiger partial charge in [-0.05, 0) is 37.4 Å². The molecule has 2 N–H and O–H groups in total. The third-order valence-corrected chi connectivity index (χ3v) is 3.68. The van der Waals surface area contributed by atoms with Crippen LogP contribution in [0.1, 0.15) is 37.7 Å². The molecule has 1 amide bonds. The van der Waals surface area contributed by atoms with Gasteiger partial charge >= 0.3 is 0 Å². The smallest absolute Gasteiger partial charge is 0.222 e. The molecule has 0 saturated heterocycles. The molecule has 0 fully saturated rings. The third-order valence-electron chi connectivity index (χ3n) is 3.68. The number of likely N-dealkylation sites (N-methyl/N-ethyl adjacent to an activating group) is 1. The Morgan fingerprint density at radius 2 is 1.86 bits per heavy atom. The van der Waals surface area contributed by atoms with Gasteiger partial charge in [-0.15, -0.1) is 12.4 Å². The zero-order valence-electron chi connectivity index (χ0n) is 13.7. The van der Waals surface area contributed by atoms with Gasteiger partial charge in [0.25, 0.3) is 0 Å². The van der Waals surface area contributed by atoms with E-state index in [1.165, 1.54) is 0 Å². The van der Waals surface area contributed by atoms with Crippen LogP contribution >= 0.6 is 12.4 Å². The fourth-order valence-electron chi connectivity index (χ4n) is 2.29. The second kappa shape index (κ2) is 12.3. The van der Waals surface area contributed by atoms with Crippen molar-refractivity contribution in [1.82, 2.24) is 4.90 Å². The topological polar surface area (TPSA) is 55.6 Å². The van der Waals surface area contributed by atoms with Gasteiger partial charge < -0.3 is 15.4 Å². The molecule has 4 nitrogen and oxygen atoms in total. The number of carbonyl (C=O) groups is 1. The molecule has 0 aliphatic heterocycles. The average molecular weight is 329 g/mol. The Morgan fingerprint density at radius 3 is 2.55 bits per heavy atom. The molecule has 0 spiro atoms. The van der Waals surface area contributed by atoms with Crippen LogP contribution in [0.4, 0.5) is 0 Å². The van der Waals surface area contributed by atoms with Crippen molar-refractivity contribution >= 4 is 18.3 Å². The molecular formula is C17H29ClN2O2. The van der Waals surface area contributed by atoms with Crippen molar-refractivity contribution in [2.75, 3.05) is 27.2 Å². The van der Waals surface area contributed by atoms with E-state index in [1.807, 2.05) is 36.2 Å². The summed E-state index contributed by atoms with van der Waals surface area (Å²) in [5.41, 5.74) is 6.59. The van der Waals surface area contributed by atoms with E-state index >= 15 is 0 Å². The first-order valence-electron chi connectivity index (χ1n) is 7.75. The Labute approximate surface area is 140 Å². The summed E-state index contributed by atoms with van der Waals surface area (Å²) in [5, 5.41) is 0. The summed E-state index contributed by atoms with van der Waals surface area (Å²) in [6, 6.07) is 7.95. The van der Waals surface area contributed by atoms with Crippen molar-refractivity contribution in [3.63, 3.8) is 0 Å². The molecule has 0 heterocycles. The van der Waals surface area contributed by atoms with E-state index < -0.39 is 0 Å². The molecule has 0 aliphatic carbocycles. The van der Waals surface area contributed by atoms with Gasteiger partial charge in [0.05, 0.1) is 7.11 Å². The van der Waals surface area contributed by atoms with Gasteiger partial charge in [0.1, 0.15) is 5.75 Å². The average Bonchev–Trinajstić information content (AvgIpc) is 2.52. The van der Waals surface area contributed by atoms with Crippen LogP contribution in [-0.4, -0.2) is 38.1 Å². The largest absolute Gasteiger partial charge is 0.496 e. The number of benzene rings is 1. The van der Waals surface area contributed by atoms with Gasteiger partial charge in [0, 0.05) is 20.0 Å². The number of ether oxygens (including phenoxy) is 1. The SMILES string of the molecule is COc1ccccc1CCN(C)C(=O)CCCCCCN.Cl. The number of hydrogen-bond donors (Lipinski definition) is 1. The predicted molar refractivity (Wildman–Crippen MR) is 93.7 cm³/mol. The van der Waals surface area contributed by atoms with Crippen molar-refractivity contribution in [3.05, 3.63) is 29.8 Å². The lowest BCUT2D eigenvalue weighted by Crippen LogP contribution is -2.28. The first-order valence-corrected chi connectivity index (χ1v) is 7.75. The number of hydrogen-bond acceptors (Lipinski definition) is 3. The molecule has 0 aromatic heterocycles. The fourth-order valence-corrected chi connectivity index (χ4v) is 2.29. The molecule has 5 heteroatoms. The van der Waals surface area contributed by atoms with Crippen molar-refractivity contribution in [2.45, 2.75) is 38.5 Å². The van der Waals surface area contributed by atoms with Crippen molar-refractivity contribution in [3.8, 4) is 5.75 Å². The quantitative estimate of drug-likeness (QED) is 0.672. The minimum atomic E-state index is 0. The molecule has 0 saturated carbocycles. The Kier molecular flexibility index (Phi) is 11.6. The lowest BCUT2D eigenvalue weighted by atomic mass is 10.1. The van der Waals surface area contributed by atoms with Crippen LogP contribution in [0.3, 0.4) is 0 Å². The molecule has 1 rings (SSSR count). The van der Waals surface area contributed by atoms with Crippen LogP contribution in [-0.2, 0) is 11.2 Å². The minimum Gasteiger partial charge on any atom is -0.496 e. The summed E-state index contributed by atoms with van der Waals surface area (Å²) in [6.45, 7) is 1.47. The fraction of sp³-hybridized carbons (Fsp3) is 0.588. The normalized spacial score (nSPS) is 9.95. The van der Waals surface area contributed by atoms with E-state index in [4.69, 9.17) is 10.5 Å². The first-order chi connectivity index (χ1) is 10.2. The summed E-state index contributed by atoms with van der Waals surface area (Å²) >= 11 is 0. The van der Waals surface area contributed by atoms with Gasteiger partial charge in [-0.25, -0.2) is 0 Å². The Bertz CT molecular complexity index is 427. The highest BCUT2D eigenvalue weighted by Crippen LogP contribution is 2.18. The highest BCUT2D eigenvalue weighted by molar-refractivity contribution is 5.85. The van der Waals surface area contributed by atoms with Crippen molar-refractivity contribution < 1.29 is 9.53 Å². The number of para-hydroxylation sites is 1. The number of carbonyl (C=O) groups excluding carboxylic acids is 1. The zero-order chi connectivity index (χ0) is 15.5. The number of unbranched alkanes of at least 4 members (excludes halogenated alkanes) is 3. The van der Waals surface area contributed by atoms with Crippen molar-refractivity contribution in [2.24, 2.45) is 5.73 Å². The second-order valence-electron chi connectivity index (χ2n) is 5.33. The summed E-state index contributed by atoms with van der Waals surface area (Å²) in [7, 11) is 3.55. The highest BCUT2D eigenvalue weighted by Gasteiger charge is 2.09. The number of methoxy groups -OCH3 is 1. The van der Waals surface area contributed by atoms with Crippen LogP contribution < -0.4 is 10.5 Å².